The molecule has 3 rings (SSSR count). The number of carbonyl (C=O) groups is 1. The summed E-state index contributed by atoms with van der Waals surface area (Å²) < 4.78 is 12.8. The number of carbonyl (C=O) groups excluding carboxylic acids is 1. The third-order valence-electron chi connectivity index (χ3n) is 4.21. The number of nitrogens with one attached hydrogen (secondary N) is 1. The molecule has 0 fully saturated rings. The number of hydrogen-bond donors (Lipinski definition) is 1. The number of rotatable bonds is 7. The average Bonchev–Trinajstić information content (AvgIpc) is 3.31. The number of aryl methyl sites for hydroxylation is 1. The van der Waals surface area contributed by atoms with Gasteiger partial charge in [0, 0.05) is 25.0 Å². The van der Waals surface area contributed by atoms with Gasteiger partial charge in [-0.2, -0.15) is 0 Å². The van der Waals surface area contributed by atoms with Gasteiger partial charge in [0.15, 0.2) is 0 Å². The second-order valence-corrected chi connectivity index (χ2v) is 6.81. The maximum absolute atomic E-state index is 12.9. The van der Waals surface area contributed by atoms with Crippen LogP contribution in [-0.4, -0.2) is 27.8 Å². The fourth-order valence-electron chi connectivity index (χ4n) is 2.95. The highest BCUT2D eigenvalue weighted by atomic mass is 16.5. The fraction of sp³-hybridized carbons (Fsp3) is 0.350. The normalized spacial score (nSPS) is 12.2. The number of hydrogen-bond acceptors (Lipinski definition) is 5. The number of anilines is 1. The van der Waals surface area contributed by atoms with Crippen LogP contribution >= 0.6 is 0 Å². The molecule has 0 saturated heterocycles. The summed E-state index contributed by atoms with van der Waals surface area (Å²) in [6.45, 7) is 5.93. The van der Waals surface area contributed by atoms with Gasteiger partial charge in [-0.05, 0) is 42.7 Å². The van der Waals surface area contributed by atoms with Crippen molar-refractivity contribution in [3.8, 4) is 17.2 Å². The number of aromatic nitrogens is 3. The monoisotopic (exact) mass is 368 g/mol. The van der Waals surface area contributed by atoms with Crippen molar-refractivity contribution in [1.29, 1.82) is 0 Å². The van der Waals surface area contributed by atoms with E-state index < -0.39 is 0 Å². The Hall–Kier alpha value is -3.09. The molecular formula is C20H24N4O3. The molecule has 1 N–H and O–H groups in total. The molecule has 1 atom stereocenters. The molecule has 3 aromatic rings. The minimum atomic E-state index is -0.281. The number of amides is 1. The number of ether oxygens (including phenoxy) is 1. The van der Waals surface area contributed by atoms with Crippen LogP contribution in [0.4, 0.5) is 5.69 Å². The number of nitrogens with zero attached hydrogens (tertiary/aromatic N) is 3. The molecule has 0 saturated carbocycles. The highest BCUT2D eigenvalue weighted by molar-refractivity contribution is 5.94. The summed E-state index contributed by atoms with van der Waals surface area (Å²) in [6, 6.07) is 8.92. The summed E-state index contributed by atoms with van der Waals surface area (Å²) in [4.78, 5) is 12.9. The second kappa shape index (κ2) is 8.07. The van der Waals surface area contributed by atoms with Gasteiger partial charge in [0.05, 0.1) is 12.7 Å². The van der Waals surface area contributed by atoms with Crippen molar-refractivity contribution in [2.45, 2.75) is 33.2 Å². The second-order valence-electron chi connectivity index (χ2n) is 6.81. The molecule has 142 valence electrons. The Labute approximate surface area is 158 Å². The molecule has 7 nitrogen and oxygen atoms in total. The van der Waals surface area contributed by atoms with Gasteiger partial charge in [0.2, 0.25) is 11.8 Å². The van der Waals surface area contributed by atoms with Crippen molar-refractivity contribution in [3.05, 3.63) is 48.6 Å². The Kier molecular flexibility index (Phi) is 5.59. The summed E-state index contributed by atoms with van der Waals surface area (Å²) in [7, 11) is 1.57. The predicted octanol–water partition coefficient (Wildman–Crippen LogP) is 4.08. The zero-order chi connectivity index (χ0) is 19.4. The van der Waals surface area contributed by atoms with E-state index in [2.05, 4.69) is 29.4 Å². The average molecular weight is 368 g/mol. The lowest BCUT2D eigenvalue weighted by Gasteiger charge is -2.20. The number of methoxy groups -OCH3 is 1. The minimum absolute atomic E-state index is 0.0715. The van der Waals surface area contributed by atoms with Crippen molar-refractivity contribution in [1.82, 2.24) is 14.8 Å². The van der Waals surface area contributed by atoms with E-state index in [4.69, 9.17) is 9.15 Å². The zero-order valence-corrected chi connectivity index (χ0v) is 16.0. The van der Waals surface area contributed by atoms with E-state index in [9.17, 15) is 4.79 Å². The summed E-state index contributed by atoms with van der Waals surface area (Å²) in [5.41, 5.74) is 1.28. The maximum Gasteiger partial charge on any atom is 0.251 e. The van der Waals surface area contributed by atoms with Crippen LogP contribution in [-0.2, 0) is 4.79 Å². The lowest BCUT2D eigenvalue weighted by molar-refractivity contribution is -0.119. The molecule has 0 aliphatic heterocycles. The Balaban J connectivity index is 1.86. The van der Waals surface area contributed by atoms with Crippen molar-refractivity contribution >= 4 is 11.6 Å². The van der Waals surface area contributed by atoms with Crippen LogP contribution < -0.4 is 10.1 Å². The summed E-state index contributed by atoms with van der Waals surface area (Å²) in [6.07, 6.45) is 4.56. The molecular weight excluding hydrogens is 344 g/mol. The van der Waals surface area contributed by atoms with E-state index in [1.165, 1.54) is 0 Å². The molecule has 2 heterocycles. The highest BCUT2D eigenvalue weighted by Gasteiger charge is 2.22. The zero-order valence-electron chi connectivity index (χ0n) is 16.0. The molecule has 0 spiro atoms. The molecule has 2 aromatic heterocycles. The van der Waals surface area contributed by atoms with E-state index in [0.29, 0.717) is 34.7 Å². The van der Waals surface area contributed by atoms with Crippen LogP contribution in [0, 0.1) is 12.8 Å². The van der Waals surface area contributed by atoms with E-state index in [-0.39, 0.29) is 11.9 Å². The lowest BCUT2D eigenvalue weighted by atomic mass is 10.0. The summed E-state index contributed by atoms with van der Waals surface area (Å²) >= 11 is 0. The summed E-state index contributed by atoms with van der Waals surface area (Å²) in [5.74, 6) is 1.73. The molecule has 0 aliphatic rings. The molecule has 1 amide bonds. The van der Waals surface area contributed by atoms with Gasteiger partial charge in [0.25, 0.3) is 5.89 Å². The van der Waals surface area contributed by atoms with Gasteiger partial charge in [-0.1, -0.05) is 13.8 Å². The first-order valence-electron chi connectivity index (χ1n) is 8.89. The Morgan fingerprint density at radius 2 is 2.00 bits per heavy atom. The van der Waals surface area contributed by atoms with Crippen LogP contribution in [0.15, 0.2) is 47.1 Å². The molecule has 7 heteroatoms. The van der Waals surface area contributed by atoms with Crippen LogP contribution in [0.25, 0.3) is 11.5 Å². The lowest BCUT2D eigenvalue weighted by Crippen LogP contribution is -2.26. The topological polar surface area (TPSA) is 82.2 Å². The van der Waals surface area contributed by atoms with Gasteiger partial charge in [-0.25, -0.2) is 0 Å². The predicted molar refractivity (Wildman–Crippen MR) is 103 cm³/mol. The van der Waals surface area contributed by atoms with E-state index in [1.54, 1.807) is 32.2 Å². The smallest absolute Gasteiger partial charge is 0.251 e. The molecule has 1 aromatic carbocycles. The van der Waals surface area contributed by atoms with Crippen LogP contribution in [0.2, 0.25) is 0 Å². The van der Waals surface area contributed by atoms with E-state index in [0.717, 1.165) is 6.42 Å². The molecule has 27 heavy (non-hydrogen) atoms. The van der Waals surface area contributed by atoms with E-state index in [1.807, 2.05) is 29.1 Å². The van der Waals surface area contributed by atoms with E-state index >= 15 is 0 Å². The van der Waals surface area contributed by atoms with Gasteiger partial charge in [-0.3, -0.25) is 4.79 Å². The van der Waals surface area contributed by atoms with Crippen molar-refractivity contribution in [2.75, 3.05) is 12.4 Å². The fourth-order valence-corrected chi connectivity index (χ4v) is 2.95. The van der Waals surface area contributed by atoms with Crippen LogP contribution in [0.1, 0.15) is 32.2 Å². The standard InChI is InChI=1S/C20H24N4O3/c1-13(2)11-17(24-9-5-6-10-24)19(25)21-15-7-8-18(26-4)16(12-15)20-23-22-14(3)27-20/h5-10,12-13,17H,11H2,1-4H3,(H,21,25)/t17-/m1/s1. The summed E-state index contributed by atoms with van der Waals surface area (Å²) in [5, 5.41) is 10.9. The van der Waals surface area contributed by atoms with Gasteiger partial charge in [0.1, 0.15) is 11.8 Å². The first-order valence-corrected chi connectivity index (χ1v) is 8.89. The highest BCUT2D eigenvalue weighted by Crippen LogP contribution is 2.32. The number of benzene rings is 1. The van der Waals surface area contributed by atoms with Crippen molar-refractivity contribution < 1.29 is 13.9 Å². The van der Waals surface area contributed by atoms with Crippen LogP contribution in [0.3, 0.4) is 0 Å². The Morgan fingerprint density at radius 1 is 1.26 bits per heavy atom. The molecule has 0 aliphatic carbocycles. The molecule has 0 bridgehead atoms. The third-order valence-corrected chi connectivity index (χ3v) is 4.21. The first kappa shape index (κ1) is 18.7. The van der Waals surface area contributed by atoms with Crippen molar-refractivity contribution in [2.24, 2.45) is 5.92 Å². The Bertz CT molecular complexity index is 900. The van der Waals surface area contributed by atoms with Gasteiger partial charge >= 0.3 is 0 Å². The van der Waals surface area contributed by atoms with Crippen molar-refractivity contribution in [3.63, 3.8) is 0 Å². The maximum atomic E-state index is 12.9. The van der Waals surface area contributed by atoms with Gasteiger partial charge < -0.3 is 19.0 Å². The minimum Gasteiger partial charge on any atom is -0.496 e. The first-order chi connectivity index (χ1) is 13.0. The SMILES string of the molecule is COc1ccc(NC(=O)[C@@H](CC(C)C)n2cccc2)cc1-c1nnc(C)o1. The Morgan fingerprint density at radius 3 is 2.59 bits per heavy atom. The molecule has 0 radical (unpaired) electrons. The third kappa shape index (κ3) is 4.36. The largest absolute Gasteiger partial charge is 0.496 e. The quantitative estimate of drug-likeness (QED) is 0.679. The van der Waals surface area contributed by atoms with Gasteiger partial charge in [-0.15, -0.1) is 10.2 Å². The molecule has 0 unspecified atom stereocenters. The van der Waals surface area contributed by atoms with Crippen LogP contribution in [0.5, 0.6) is 5.75 Å².